The van der Waals surface area contributed by atoms with Crippen LogP contribution in [0.4, 0.5) is 0 Å². The number of rotatable bonds is 66. The van der Waals surface area contributed by atoms with Gasteiger partial charge in [0.05, 0.1) is 32.0 Å². The van der Waals surface area contributed by atoms with Crippen LogP contribution in [0.1, 0.15) is 303 Å². The SMILES string of the molecule is CC/C=C\C/C=C\C/C=C\C/C=C\C/C=C\C/C=C\C/C=C\C/C=C\C/C=C\CCCCCCCCCCCCCC(=O)NC(COC1OC(CO)C(OC2OC(CO)C(O)C(O)C2O)C(O)C1O)C(O)/C=C/CC/C=C/CC/C=C/CCCCCCCCCCCCCCCCCCCC. The van der Waals surface area contributed by atoms with Crippen LogP contribution in [0.15, 0.2) is 146 Å². The van der Waals surface area contributed by atoms with E-state index in [9.17, 15) is 45.6 Å². The predicted octanol–water partition coefficient (Wildman–Crippen LogP) is 18.7. The Kier molecular flexibility index (Phi) is 63.5. The molecule has 0 aliphatic carbocycles. The Morgan fingerprint density at radius 2 is 0.693 bits per heavy atom. The molecule has 0 radical (unpaired) electrons. The Bertz CT molecular complexity index is 2260. The van der Waals surface area contributed by atoms with Crippen LogP contribution in [-0.4, -0.2) is 140 Å². The molecule has 0 saturated carbocycles. The van der Waals surface area contributed by atoms with E-state index in [1.807, 2.05) is 6.08 Å². The lowest BCUT2D eigenvalue weighted by Crippen LogP contribution is -2.65. The first-order valence-corrected chi connectivity index (χ1v) is 40.6. The molecule has 0 bridgehead atoms. The minimum absolute atomic E-state index is 0.258. The fourth-order valence-electron chi connectivity index (χ4n) is 12.4. The highest BCUT2D eigenvalue weighted by Crippen LogP contribution is 2.30. The average Bonchev–Trinajstić information content (AvgIpc) is 0.790. The maximum Gasteiger partial charge on any atom is 0.220 e. The van der Waals surface area contributed by atoms with Gasteiger partial charge in [-0.2, -0.15) is 0 Å². The Morgan fingerprint density at radius 1 is 0.366 bits per heavy atom. The van der Waals surface area contributed by atoms with Crippen LogP contribution < -0.4 is 5.32 Å². The summed E-state index contributed by atoms with van der Waals surface area (Å²) in [5, 5.41) is 87.7. The number of allylic oxidation sites excluding steroid dienone is 23. The van der Waals surface area contributed by atoms with Gasteiger partial charge in [-0.15, -0.1) is 0 Å². The molecule has 1 amide bonds. The molecule has 0 aromatic rings. The van der Waals surface area contributed by atoms with Crippen molar-refractivity contribution in [3.05, 3.63) is 146 Å². The van der Waals surface area contributed by atoms with Crippen molar-refractivity contribution < 1.29 is 64.6 Å². The highest BCUT2D eigenvalue weighted by Gasteiger charge is 2.51. The second-order valence-electron chi connectivity index (χ2n) is 27.8. The minimum atomic E-state index is -1.80. The summed E-state index contributed by atoms with van der Waals surface area (Å²) in [5.41, 5.74) is 0. The van der Waals surface area contributed by atoms with Gasteiger partial charge in [0.2, 0.25) is 5.91 Å². The molecule has 14 nitrogen and oxygen atoms in total. The number of ether oxygens (including phenoxy) is 4. The number of carbonyl (C=O) groups is 1. The van der Waals surface area contributed by atoms with E-state index in [2.05, 4.69) is 153 Å². The molecule has 12 unspecified atom stereocenters. The zero-order valence-corrected chi connectivity index (χ0v) is 63.3. The van der Waals surface area contributed by atoms with E-state index in [-0.39, 0.29) is 18.9 Å². The fourth-order valence-corrected chi connectivity index (χ4v) is 12.4. The zero-order valence-electron chi connectivity index (χ0n) is 63.3. The predicted molar refractivity (Wildman–Crippen MR) is 419 cm³/mol. The lowest BCUT2D eigenvalue weighted by molar-refractivity contribution is -0.359. The van der Waals surface area contributed by atoms with E-state index in [1.54, 1.807) is 6.08 Å². The molecule has 9 N–H and O–H groups in total. The number of unbranched alkanes of at least 4 members (excludes halogenated alkanes) is 31. The Hall–Kier alpha value is -4.13. The second-order valence-corrected chi connectivity index (χ2v) is 27.8. The molecular weight excluding hydrogens is 1270 g/mol. The van der Waals surface area contributed by atoms with E-state index in [0.29, 0.717) is 12.8 Å². The summed E-state index contributed by atoms with van der Waals surface area (Å²) in [6.45, 7) is 2.68. The quantitative estimate of drug-likeness (QED) is 0.0204. The van der Waals surface area contributed by atoms with Crippen LogP contribution >= 0.6 is 0 Å². The van der Waals surface area contributed by atoms with Gasteiger partial charge in [-0.05, 0) is 116 Å². The van der Waals surface area contributed by atoms with Crippen LogP contribution in [-0.2, 0) is 23.7 Å². The van der Waals surface area contributed by atoms with Gasteiger partial charge in [-0.3, -0.25) is 4.79 Å². The molecule has 2 aliphatic heterocycles. The van der Waals surface area contributed by atoms with Gasteiger partial charge >= 0.3 is 0 Å². The molecule has 101 heavy (non-hydrogen) atoms. The van der Waals surface area contributed by atoms with Crippen LogP contribution in [0.3, 0.4) is 0 Å². The number of nitrogens with one attached hydrogen (secondary N) is 1. The summed E-state index contributed by atoms with van der Waals surface area (Å²) in [4.78, 5) is 13.4. The highest BCUT2D eigenvalue weighted by molar-refractivity contribution is 5.76. The van der Waals surface area contributed by atoms with Gasteiger partial charge in [0.1, 0.15) is 48.8 Å². The van der Waals surface area contributed by atoms with Crippen molar-refractivity contribution in [2.24, 2.45) is 0 Å². The standard InChI is InChI=1S/C87H147NO13/c1-3-5-7-9-11-13-15-17-19-21-23-25-27-29-31-33-34-35-36-37-38-39-40-41-42-43-45-47-49-51-53-55-57-59-61-63-65-67-69-71-79(92)88-75(74-98-86-84(97)82(95)85(78(73-90)100-86)101-87-83(96)81(94)80(93)77(72-89)99-87)76(91)70-68-66-64-62-60-58-56-54-52-50-48-46-44-32-30-28-26-24-22-20-18-16-14-12-10-8-6-4-2/h5,7,11,13,17,19,23,25,29,31,34-35,37-38,40-41,43,45,52,54,60,62,68,70,75-78,80-87,89-91,93-97H,3-4,6,8-10,12,14-16,18,20-22,24,26-28,30,32-33,36,39,42,44,46-51,53,55-59,61,63-67,69,71-74H2,1-2H3,(H,88,92)/b7-5-,13-11-,19-17-,25-23-,31-29-,35-34-,38-37-,41-40-,45-43-,54-52+,62-60+,70-68+. The van der Waals surface area contributed by atoms with Crippen molar-refractivity contribution in [2.75, 3.05) is 19.8 Å². The number of aliphatic hydroxyl groups is 8. The molecule has 14 heteroatoms. The maximum absolute atomic E-state index is 13.4. The number of hydrogen-bond acceptors (Lipinski definition) is 13. The topological polar surface area (TPSA) is 228 Å². The third-order valence-corrected chi connectivity index (χ3v) is 18.7. The maximum atomic E-state index is 13.4. The third-order valence-electron chi connectivity index (χ3n) is 18.7. The lowest BCUT2D eigenvalue weighted by atomic mass is 9.97. The summed E-state index contributed by atoms with van der Waals surface area (Å²) >= 11 is 0. The molecule has 2 heterocycles. The van der Waals surface area contributed by atoms with Crippen molar-refractivity contribution in [3.63, 3.8) is 0 Å². The molecule has 0 spiro atoms. The second kappa shape index (κ2) is 68.9. The third kappa shape index (κ3) is 51.7. The number of amides is 1. The van der Waals surface area contributed by atoms with E-state index in [4.69, 9.17) is 18.9 Å². The first-order chi connectivity index (χ1) is 49.6. The monoisotopic (exact) mass is 1410 g/mol. The Balaban J connectivity index is 1.64. The largest absolute Gasteiger partial charge is 0.394 e. The highest BCUT2D eigenvalue weighted by atomic mass is 16.7. The molecule has 2 aliphatic rings. The van der Waals surface area contributed by atoms with Gasteiger partial charge < -0.3 is 65.1 Å². The van der Waals surface area contributed by atoms with Gasteiger partial charge in [-0.1, -0.05) is 327 Å². The molecule has 0 aromatic heterocycles. The molecule has 2 fully saturated rings. The van der Waals surface area contributed by atoms with Crippen LogP contribution in [0.2, 0.25) is 0 Å². The molecule has 12 atom stereocenters. The first-order valence-electron chi connectivity index (χ1n) is 40.6. The lowest BCUT2D eigenvalue weighted by Gasteiger charge is -2.46. The van der Waals surface area contributed by atoms with E-state index in [0.717, 1.165) is 109 Å². The van der Waals surface area contributed by atoms with Crippen molar-refractivity contribution in [1.82, 2.24) is 5.32 Å². The van der Waals surface area contributed by atoms with E-state index >= 15 is 0 Å². The number of aliphatic hydroxyl groups excluding tert-OH is 8. The zero-order chi connectivity index (χ0) is 73.0. The Morgan fingerprint density at radius 3 is 1.09 bits per heavy atom. The summed E-state index contributed by atoms with van der Waals surface area (Å²) < 4.78 is 22.9. The minimum Gasteiger partial charge on any atom is -0.394 e. The molecule has 0 aromatic carbocycles. The smallest absolute Gasteiger partial charge is 0.220 e. The van der Waals surface area contributed by atoms with Crippen LogP contribution in [0, 0.1) is 0 Å². The average molecular weight is 1420 g/mol. The van der Waals surface area contributed by atoms with Gasteiger partial charge in [0.25, 0.3) is 0 Å². The molecule has 2 saturated heterocycles. The number of carbonyl (C=O) groups excluding carboxylic acids is 1. The van der Waals surface area contributed by atoms with Gasteiger partial charge in [0.15, 0.2) is 12.6 Å². The van der Waals surface area contributed by atoms with Crippen molar-refractivity contribution in [2.45, 2.75) is 376 Å². The van der Waals surface area contributed by atoms with Crippen molar-refractivity contribution in [1.29, 1.82) is 0 Å². The summed E-state index contributed by atoms with van der Waals surface area (Å²) in [6.07, 6.45) is 87.8. The first kappa shape index (κ1) is 93.0. The summed E-state index contributed by atoms with van der Waals surface area (Å²) in [7, 11) is 0. The molecule has 578 valence electrons. The fraction of sp³-hybridized carbons (Fsp3) is 0.713. The van der Waals surface area contributed by atoms with E-state index < -0.39 is 86.8 Å². The van der Waals surface area contributed by atoms with Gasteiger partial charge in [-0.25, -0.2) is 0 Å². The summed E-state index contributed by atoms with van der Waals surface area (Å²) in [6, 6.07) is -0.952. The number of hydrogen-bond donors (Lipinski definition) is 9. The molecule has 2 rings (SSSR count). The van der Waals surface area contributed by atoms with Crippen LogP contribution in [0.25, 0.3) is 0 Å². The normalized spacial score (nSPS) is 22.6. The molecular formula is C87H147NO13. The van der Waals surface area contributed by atoms with Gasteiger partial charge in [0, 0.05) is 6.42 Å². The van der Waals surface area contributed by atoms with E-state index in [1.165, 1.54) is 161 Å². The van der Waals surface area contributed by atoms with Crippen molar-refractivity contribution >= 4 is 5.91 Å². The Labute approximate surface area is 614 Å². The summed E-state index contributed by atoms with van der Waals surface area (Å²) in [5.74, 6) is -0.260. The van der Waals surface area contributed by atoms with Crippen LogP contribution in [0.5, 0.6) is 0 Å². The van der Waals surface area contributed by atoms with Crippen molar-refractivity contribution in [3.8, 4) is 0 Å².